The zero-order valence-electron chi connectivity index (χ0n) is 15.0. The number of fused-ring (bicyclic) bond motifs is 1. The molecule has 0 saturated carbocycles. The summed E-state index contributed by atoms with van der Waals surface area (Å²) in [6, 6.07) is 14.9. The van der Waals surface area contributed by atoms with Gasteiger partial charge in [-0.3, -0.25) is 0 Å². The molecule has 0 unspecified atom stereocenters. The minimum atomic E-state index is -0.335. The van der Waals surface area contributed by atoms with Crippen molar-refractivity contribution in [3.63, 3.8) is 0 Å². The minimum absolute atomic E-state index is 0.111. The smallest absolute Gasteiger partial charge is 0.338 e. The Balaban J connectivity index is 1.48. The number of nitrogens with one attached hydrogen (secondary N) is 2. The van der Waals surface area contributed by atoms with Gasteiger partial charge in [0.25, 0.3) is 0 Å². The molecule has 3 rings (SSSR count). The molecule has 0 atom stereocenters. The molecule has 2 aromatic carbocycles. The number of hydrogen-bond acceptors (Lipinski definition) is 3. The molecular formula is C21H24N2O3. The molecule has 5 heteroatoms. The van der Waals surface area contributed by atoms with Gasteiger partial charge in [-0.05, 0) is 54.7 Å². The highest BCUT2D eigenvalue weighted by Gasteiger charge is 2.22. The van der Waals surface area contributed by atoms with E-state index >= 15 is 0 Å². The fourth-order valence-electron chi connectivity index (χ4n) is 3.10. The number of amides is 2. The quantitative estimate of drug-likeness (QED) is 0.611. The Hall–Kier alpha value is -2.82. The molecule has 2 amide bonds. The number of benzene rings is 2. The summed E-state index contributed by atoms with van der Waals surface area (Å²) >= 11 is 0. The third-order valence-corrected chi connectivity index (χ3v) is 4.50. The van der Waals surface area contributed by atoms with Crippen molar-refractivity contribution < 1.29 is 14.3 Å². The van der Waals surface area contributed by atoms with Crippen molar-refractivity contribution in [3.05, 3.63) is 65.2 Å². The second-order valence-corrected chi connectivity index (χ2v) is 6.54. The lowest BCUT2D eigenvalue weighted by atomic mass is 10.1. The molecule has 0 fully saturated rings. The van der Waals surface area contributed by atoms with Gasteiger partial charge in [0.2, 0.25) is 0 Å². The molecular weight excluding hydrogens is 328 g/mol. The van der Waals surface area contributed by atoms with E-state index in [1.807, 2.05) is 19.1 Å². The van der Waals surface area contributed by atoms with Crippen molar-refractivity contribution in [2.45, 2.75) is 38.6 Å². The van der Waals surface area contributed by atoms with Crippen molar-refractivity contribution in [3.8, 4) is 0 Å². The maximum absolute atomic E-state index is 12.2. The maximum Gasteiger partial charge on any atom is 0.338 e. The van der Waals surface area contributed by atoms with Gasteiger partial charge in [-0.1, -0.05) is 37.6 Å². The van der Waals surface area contributed by atoms with Gasteiger partial charge in [0, 0.05) is 11.7 Å². The number of hydrogen-bond donors (Lipinski definition) is 2. The molecule has 0 heterocycles. The predicted molar refractivity (Wildman–Crippen MR) is 101 cm³/mol. The summed E-state index contributed by atoms with van der Waals surface area (Å²) in [4.78, 5) is 24.1. The van der Waals surface area contributed by atoms with Gasteiger partial charge in [0.1, 0.15) is 0 Å². The van der Waals surface area contributed by atoms with Gasteiger partial charge in [-0.25, -0.2) is 9.59 Å². The number of esters is 1. The normalized spacial score (nSPS) is 13.1. The van der Waals surface area contributed by atoms with E-state index < -0.39 is 0 Å². The number of ether oxygens (including phenoxy) is 1. The Morgan fingerprint density at radius 1 is 1.04 bits per heavy atom. The molecule has 0 aromatic heterocycles. The zero-order chi connectivity index (χ0) is 18.4. The standard InChI is InChI=1S/C21H24N2O3/c1-2-3-12-26-20(24)15-8-10-18(11-9-15)22-21(25)23-19-13-16-6-4-5-7-17(16)14-19/h4-11,19H,2-3,12-14H2,1H3,(H2,22,23,25). The van der Waals surface area contributed by atoms with Gasteiger partial charge >= 0.3 is 12.0 Å². The van der Waals surface area contributed by atoms with E-state index in [1.165, 1.54) is 11.1 Å². The fourth-order valence-corrected chi connectivity index (χ4v) is 3.10. The van der Waals surface area contributed by atoms with E-state index in [2.05, 4.69) is 22.8 Å². The van der Waals surface area contributed by atoms with Gasteiger partial charge in [0.05, 0.1) is 12.2 Å². The monoisotopic (exact) mass is 352 g/mol. The number of anilines is 1. The molecule has 1 aliphatic rings. The Kier molecular flexibility index (Phi) is 5.89. The summed E-state index contributed by atoms with van der Waals surface area (Å²) in [6.45, 7) is 2.48. The van der Waals surface area contributed by atoms with Crippen LogP contribution in [0.4, 0.5) is 10.5 Å². The number of carbonyl (C=O) groups excluding carboxylic acids is 2. The molecule has 0 radical (unpaired) electrons. The first-order chi connectivity index (χ1) is 12.7. The Labute approximate surface area is 153 Å². The van der Waals surface area contributed by atoms with E-state index in [0.717, 1.165) is 25.7 Å². The van der Waals surface area contributed by atoms with Gasteiger partial charge in [-0.2, -0.15) is 0 Å². The molecule has 5 nitrogen and oxygen atoms in total. The van der Waals surface area contributed by atoms with Crippen LogP contribution >= 0.6 is 0 Å². The van der Waals surface area contributed by atoms with Crippen molar-refractivity contribution >= 4 is 17.7 Å². The van der Waals surface area contributed by atoms with E-state index in [0.29, 0.717) is 17.9 Å². The second kappa shape index (κ2) is 8.52. The van der Waals surface area contributed by atoms with Gasteiger partial charge in [-0.15, -0.1) is 0 Å². The third-order valence-electron chi connectivity index (χ3n) is 4.50. The van der Waals surface area contributed by atoms with E-state index in [4.69, 9.17) is 4.74 Å². The van der Waals surface area contributed by atoms with Crippen LogP contribution in [0, 0.1) is 0 Å². The van der Waals surface area contributed by atoms with Crippen molar-refractivity contribution in [2.75, 3.05) is 11.9 Å². The molecule has 0 bridgehead atoms. The van der Waals surface area contributed by atoms with Crippen LogP contribution in [-0.2, 0) is 17.6 Å². The lowest BCUT2D eigenvalue weighted by molar-refractivity contribution is 0.0500. The molecule has 1 aliphatic carbocycles. The molecule has 0 saturated heterocycles. The number of rotatable bonds is 6. The van der Waals surface area contributed by atoms with Crippen LogP contribution in [0.1, 0.15) is 41.3 Å². The van der Waals surface area contributed by atoms with Crippen molar-refractivity contribution in [1.82, 2.24) is 5.32 Å². The predicted octanol–water partition coefficient (Wildman–Crippen LogP) is 3.93. The first-order valence-electron chi connectivity index (χ1n) is 9.07. The Morgan fingerprint density at radius 2 is 1.69 bits per heavy atom. The number of carbonyl (C=O) groups is 2. The van der Waals surface area contributed by atoms with E-state index in [9.17, 15) is 9.59 Å². The average molecular weight is 352 g/mol. The zero-order valence-corrected chi connectivity index (χ0v) is 15.0. The van der Waals surface area contributed by atoms with Gasteiger partial charge < -0.3 is 15.4 Å². The van der Waals surface area contributed by atoms with Crippen molar-refractivity contribution in [2.24, 2.45) is 0 Å². The van der Waals surface area contributed by atoms with E-state index in [1.54, 1.807) is 24.3 Å². The van der Waals surface area contributed by atoms with Crippen LogP contribution in [0.3, 0.4) is 0 Å². The lowest BCUT2D eigenvalue weighted by Crippen LogP contribution is -2.38. The first kappa shape index (κ1) is 18.0. The maximum atomic E-state index is 12.2. The molecule has 2 aromatic rings. The number of unbranched alkanes of at least 4 members (excludes halogenated alkanes) is 1. The van der Waals surface area contributed by atoms with Crippen LogP contribution in [0.2, 0.25) is 0 Å². The van der Waals surface area contributed by atoms with Crippen LogP contribution in [0.25, 0.3) is 0 Å². The minimum Gasteiger partial charge on any atom is -0.462 e. The Morgan fingerprint density at radius 3 is 2.31 bits per heavy atom. The molecule has 26 heavy (non-hydrogen) atoms. The lowest BCUT2D eigenvalue weighted by Gasteiger charge is -2.13. The number of urea groups is 1. The second-order valence-electron chi connectivity index (χ2n) is 6.54. The molecule has 0 aliphatic heterocycles. The summed E-state index contributed by atoms with van der Waals surface area (Å²) in [5.41, 5.74) is 3.72. The highest BCUT2D eigenvalue weighted by atomic mass is 16.5. The summed E-state index contributed by atoms with van der Waals surface area (Å²) < 4.78 is 5.17. The molecule has 136 valence electrons. The third kappa shape index (κ3) is 4.63. The fraction of sp³-hybridized carbons (Fsp3) is 0.333. The Bertz CT molecular complexity index is 746. The summed E-state index contributed by atoms with van der Waals surface area (Å²) in [5.74, 6) is -0.335. The largest absolute Gasteiger partial charge is 0.462 e. The van der Waals surface area contributed by atoms with Crippen LogP contribution in [0.5, 0.6) is 0 Å². The highest BCUT2D eigenvalue weighted by Crippen LogP contribution is 2.21. The summed E-state index contributed by atoms with van der Waals surface area (Å²) in [7, 11) is 0. The average Bonchev–Trinajstić information content (AvgIpc) is 3.04. The highest BCUT2D eigenvalue weighted by molar-refractivity contribution is 5.92. The van der Waals surface area contributed by atoms with Crippen LogP contribution in [0.15, 0.2) is 48.5 Å². The van der Waals surface area contributed by atoms with Gasteiger partial charge in [0.15, 0.2) is 0 Å². The van der Waals surface area contributed by atoms with Crippen molar-refractivity contribution in [1.29, 1.82) is 0 Å². The topological polar surface area (TPSA) is 67.4 Å². The van der Waals surface area contributed by atoms with E-state index in [-0.39, 0.29) is 18.0 Å². The molecule has 0 spiro atoms. The summed E-state index contributed by atoms with van der Waals surface area (Å²) in [5, 5.41) is 5.82. The summed E-state index contributed by atoms with van der Waals surface area (Å²) in [6.07, 6.45) is 3.55. The van der Waals surface area contributed by atoms with Crippen LogP contribution < -0.4 is 10.6 Å². The molecule has 2 N–H and O–H groups in total. The van der Waals surface area contributed by atoms with Crippen LogP contribution in [-0.4, -0.2) is 24.6 Å². The SMILES string of the molecule is CCCCOC(=O)c1ccc(NC(=O)NC2Cc3ccccc3C2)cc1. The first-order valence-corrected chi connectivity index (χ1v) is 9.07.